The molecule has 0 heterocycles. The Hall–Kier alpha value is 0.110. The van der Waals surface area contributed by atoms with Gasteiger partial charge in [-0.1, -0.05) is 31.9 Å². The number of hydrogen-bond acceptors (Lipinski definition) is 0. The van der Waals surface area contributed by atoms with Crippen LogP contribution in [0.5, 0.6) is 0 Å². The van der Waals surface area contributed by atoms with Crippen molar-refractivity contribution >= 4 is 31.9 Å². The third-order valence-electron chi connectivity index (χ3n) is 1.52. The topological polar surface area (TPSA) is 0 Å². The van der Waals surface area contributed by atoms with E-state index in [0.29, 0.717) is 5.33 Å². The van der Waals surface area contributed by atoms with E-state index in [-0.39, 0.29) is 5.82 Å². The van der Waals surface area contributed by atoms with Crippen LogP contribution in [0, 0.1) is 12.7 Å². The summed E-state index contributed by atoms with van der Waals surface area (Å²) in [5.74, 6) is -0.159. The van der Waals surface area contributed by atoms with Gasteiger partial charge in [0, 0.05) is 15.4 Å². The van der Waals surface area contributed by atoms with Gasteiger partial charge in [0.15, 0.2) is 0 Å². The van der Waals surface area contributed by atoms with Crippen molar-refractivity contribution in [2.24, 2.45) is 0 Å². The van der Waals surface area contributed by atoms with Crippen molar-refractivity contribution in [3.8, 4) is 0 Å². The maximum Gasteiger partial charge on any atom is 0.128 e. The molecule has 0 aliphatic carbocycles. The predicted octanol–water partition coefficient (Wildman–Crippen LogP) is 3.79. The third kappa shape index (κ3) is 2.03. The molecule has 0 bridgehead atoms. The van der Waals surface area contributed by atoms with Crippen LogP contribution >= 0.6 is 31.9 Å². The number of halogens is 3. The van der Waals surface area contributed by atoms with Crippen molar-refractivity contribution in [3.05, 3.63) is 33.5 Å². The molecular formula is C8H7Br2F. The fourth-order valence-corrected chi connectivity index (χ4v) is 2.16. The van der Waals surface area contributed by atoms with E-state index >= 15 is 0 Å². The number of aryl methyl sites for hydroxylation is 1. The van der Waals surface area contributed by atoms with Crippen LogP contribution in [-0.4, -0.2) is 0 Å². The Morgan fingerprint density at radius 1 is 1.45 bits per heavy atom. The van der Waals surface area contributed by atoms with Gasteiger partial charge in [-0.3, -0.25) is 0 Å². The number of alkyl halides is 1. The third-order valence-corrected chi connectivity index (χ3v) is 2.54. The summed E-state index contributed by atoms with van der Waals surface area (Å²) in [7, 11) is 0. The van der Waals surface area contributed by atoms with Crippen molar-refractivity contribution < 1.29 is 4.39 Å². The Morgan fingerprint density at radius 2 is 2.09 bits per heavy atom. The Balaban J connectivity index is 3.25. The molecule has 0 atom stereocenters. The first-order valence-corrected chi connectivity index (χ1v) is 5.07. The van der Waals surface area contributed by atoms with E-state index in [0.717, 1.165) is 15.6 Å². The monoisotopic (exact) mass is 280 g/mol. The SMILES string of the molecule is Cc1cc(Br)cc(F)c1CBr. The molecule has 0 radical (unpaired) electrons. The van der Waals surface area contributed by atoms with Crippen LogP contribution < -0.4 is 0 Å². The van der Waals surface area contributed by atoms with Gasteiger partial charge in [-0.15, -0.1) is 0 Å². The summed E-state index contributed by atoms with van der Waals surface area (Å²) in [6.07, 6.45) is 0. The molecule has 1 aromatic rings. The van der Waals surface area contributed by atoms with E-state index in [1.54, 1.807) is 0 Å². The second-order valence-corrected chi connectivity index (χ2v) is 3.79. The minimum absolute atomic E-state index is 0.159. The zero-order chi connectivity index (χ0) is 8.43. The van der Waals surface area contributed by atoms with Crippen molar-refractivity contribution in [1.29, 1.82) is 0 Å². The molecule has 0 fully saturated rings. The largest absolute Gasteiger partial charge is 0.207 e. The highest BCUT2D eigenvalue weighted by Crippen LogP contribution is 2.21. The molecule has 0 N–H and O–H groups in total. The summed E-state index contributed by atoms with van der Waals surface area (Å²) < 4.78 is 13.8. The van der Waals surface area contributed by atoms with Crippen LogP contribution in [0.2, 0.25) is 0 Å². The molecule has 0 amide bonds. The van der Waals surface area contributed by atoms with Gasteiger partial charge in [0.2, 0.25) is 0 Å². The zero-order valence-corrected chi connectivity index (χ0v) is 9.17. The molecule has 0 saturated carbocycles. The van der Waals surface area contributed by atoms with Crippen molar-refractivity contribution in [2.45, 2.75) is 12.3 Å². The standard InChI is InChI=1S/C8H7Br2F/c1-5-2-6(10)3-8(11)7(5)4-9/h2-3H,4H2,1H3. The molecule has 0 unspecified atom stereocenters. The number of hydrogen-bond donors (Lipinski definition) is 0. The van der Waals surface area contributed by atoms with Gasteiger partial charge in [-0.25, -0.2) is 4.39 Å². The molecule has 0 spiro atoms. The molecule has 0 nitrogen and oxygen atoms in total. The van der Waals surface area contributed by atoms with Crippen molar-refractivity contribution in [3.63, 3.8) is 0 Å². The normalized spacial score (nSPS) is 10.2. The summed E-state index contributed by atoms with van der Waals surface area (Å²) >= 11 is 6.45. The van der Waals surface area contributed by atoms with Crippen LogP contribution in [0.3, 0.4) is 0 Å². The molecular weight excluding hydrogens is 275 g/mol. The summed E-state index contributed by atoms with van der Waals surface area (Å²) in [6, 6.07) is 3.38. The van der Waals surface area contributed by atoms with E-state index in [2.05, 4.69) is 31.9 Å². The van der Waals surface area contributed by atoms with E-state index < -0.39 is 0 Å². The van der Waals surface area contributed by atoms with Gasteiger partial charge >= 0.3 is 0 Å². The highest BCUT2D eigenvalue weighted by Gasteiger charge is 2.04. The number of rotatable bonds is 1. The Labute approximate surface area is 82.1 Å². The highest BCUT2D eigenvalue weighted by molar-refractivity contribution is 9.10. The van der Waals surface area contributed by atoms with Crippen LogP contribution in [0.1, 0.15) is 11.1 Å². The fraction of sp³-hybridized carbons (Fsp3) is 0.250. The van der Waals surface area contributed by atoms with Crippen LogP contribution in [-0.2, 0) is 5.33 Å². The van der Waals surface area contributed by atoms with Crippen LogP contribution in [0.25, 0.3) is 0 Å². The van der Waals surface area contributed by atoms with Crippen molar-refractivity contribution in [2.75, 3.05) is 0 Å². The summed E-state index contributed by atoms with van der Waals surface area (Å²) in [4.78, 5) is 0. The minimum Gasteiger partial charge on any atom is -0.207 e. The number of benzene rings is 1. The highest BCUT2D eigenvalue weighted by atomic mass is 79.9. The molecule has 1 aromatic carbocycles. The average Bonchev–Trinajstić information content (AvgIpc) is 1.85. The van der Waals surface area contributed by atoms with Crippen LogP contribution in [0.15, 0.2) is 16.6 Å². The quantitative estimate of drug-likeness (QED) is 0.687. The lowest BCUT2D eigenvalue weighted by atomic mass is 10.1. The summed E-state index contributed by atoms with van der Waals surface area (Å²) in [6.45, 7) is 1.89. The van der Waals surface area contributed by atoms with E-state index in [1.807, 2.05) is 13.0 Å². The average molecular weight is 282 g/mol. The summed E-state index contributed by atoms with van der Waals surface area (Å²) in [5, 5.41) is 0.567. The summed E-state index contributed by atoms with van der Waals surface area (Å²) in [5.41, 5.74) is 1.70. The second kappa shape index (κ2) is 3.68. The van der Waals surface area contributed by atoms with E-state index in [9.17, 15) is 4.39 Å². The molecule has 11 heavy (non-hydrogen) atoms. The van der Waals surface area contributed by atoms with Gasteiger partial charge in [0.05, 0.1) is 0 Å². The lowest BCUT2D eigenvalue weighted by molar-refractivity contribution is 0.615. The minimum atomic E-state index is -0.159. The van der Waals surface area contributed by atoms with Gasteiger partial charge in [0.25, 0.3) is 0 Å². The fourth-order valence-electron chi connectivity index (χ4n) is 0.901. The van der Waals surface area contributed by atoms with E-state index in [1.165, 1.54) is 6.07 Å². The molecule has 0 aromatic heterocycles. The van der Waals surface area contributed by atoms with Gasteiger partial charge in [-0.2, -0.15) is 0 Å². The molecule has 0 saturated heterocycles. The first-order chi connectivity index (χ1) is 5.15. The zero-order valence-electron chi connectivity index (χ0n) is 6.00. The lowest BCUT2D eigenvalue weighted by Gasteiger charge is -2.03. The Morgan fingerprint density at radius 3 is 2.55 bits per heavy atom. The van der Waals surface area contributed by atoms with Gasteiger partial charge < -0.3 is 0 Å². The molecule has 1 rings (SSSR count). The Bertz CT molecular complexity index is 248. The molecule has 60 valence electrons. The van der Waals surface area contributed by atoms with Crippen LogP contribution in [0.4, 0.5) is 4.39 Å². The molecule has 0 aliphatic rings. The first kappa shape index (κ1) is 9.20. The molecule has 3 heteroatoms. The maximum atomic E-state index is 13.1. The van der Waals surface area contributed by atoms with Gasteiger partial charge in [-0.05, 0) is 24.6 Å². The van der Waals surface area contributed by atoms with E-state index in [4.69, 9.17) is 0 Å². The smallest absolute Gasteiger partial charge is 0.128 e. The second-order valence-electron chi connectivity index (χ2n) is 2.32. The lowest BCUT2D eigenvalue weighted by Crippen LogP contribution is -1.90. The van der Waals surface area contributed by atoms with Crippen molar-refractivity contribution in [1.82, 2.24) is 0 Å². The van der Waals surface area contributed by atoms with Gasteiger partial charge in [0.1, 0.15) is 5.82 Å². The Kier molecular flexibility index (Phi) is 3.07. The molecule has 0 aliphatic heterocycles. The first-order valence-electron chi connectivity index (χ1n) is 3.15. The maximum absolute atomic E-state index is 13.1. The predicted molar refractivity (Wildman–Crippen MR) is 51.5 cm³/mol.